The number of aromatic amines is 1. The Morgan fingerprint density at radius 3 is 2.93 bits per heavy atom. The van der Waals surface area contributed by atoms with Gasteiger partial charge in [0.25, 0.3) is 0 Å². The molecule has 0 aliphatic rings. The van der Waals surface area contributed by atoms with Crippen LogP contribution in [0.3, 0.4) is 0 Å². The third-order valence-corrected chi connectivity index (χ3v) is 2.16. The second-order valence-electron chi connectivity index (χ2n) is 3.31. The zero-order valence-corrected chi connectivity index (χ0v) is 8.19. The second-order valence-corrected chi connectivity index (χ2v) is 3.31. The molecule has 0 bridgehead atoms. The van der Waals surface area contributed by atoms with E-state index < -0.39 is 6.09 Å². The molecule has 1 aromatic carbocycles. The number of para-hydroxylation sites is 2. The van der Waals surface area contributed by atoms with Gasteiger partial charge in [0.05, 0.1) is 17.1 Å². The molecule has 1 atom stereocenters. The maximum Gasteiger partial charge on any atom is 0.405 e. The topological polar surface area (TPSA) is 78.0 Å². The molecule has 2 aromatic rings. The van der Waals surface area contributed by atoms with Gasteiger partial charge in [-0.1, -0.05) is 12.1 Å². The van der Waals surface area contributed by atoms with Gasteiger partial charge in [0, 0.05) is 0 Å². The molecule has 0 fully saturated rings. The number of carbonyl (C=O) groups is 1. The van der Waals surface area contributed by atoms with Crippen LogP contribution in [-0.4, -0.2) is 21.2 Å². The van der Waals surface area contributed by atoms with Gasteiger partial charge >= 0.3 is 6.09 Å². The number of fused-ring (bicyclic) bond motifs is 1. The summed E-state index contributed by atoms with van der Waals surface area (Å²) in [6.45, 7) is 1.74. The number of rotatable bonds is 2. The fourth-order valence-electron chi connectivity index (χ4n) is 1.43. The first-order valence-electron chi connectivity index (χ1n) is 4.61. The summed E-state index contributed by atoms with van der Waals surface area (Å²) in [4.78, 5) is 17.8. The molecule has 15 heavy (non-hydrogen) atoms. The highest BCUT2D eigenvalue weighted by molar-refractivity contribution is 5.75. The molecule has 2 rings (SSSR count). The van der Waals surface area contributed by atoms with Gasteiger partial charge < -0.3 is 15.4 Å². The van der Waals surface area contributed by atoms with Crippen molar-refractivity contribution in [2.45, 2.75) is 13.0 Å². The minimum absolute atomic E-state index is 0.338. The molecule has 1 amide bonds. The smallest absolute Gasteiger partial charge is 0.405 e. The number of imidazole rings is 1. The number of amides is 1. The highest BCUT2D eigenvalue weighted by Gasteiger charge is 2.11. The van der Waals surface area contributed by atoms with Crippen molar-refractivity contribution < 1.29 is 9.90 Å². The van der Waals surface area contributed by atoms with Gasteiger partial charge in [0.1, 0.15) is 5.82 Å². The van der Waals surface area contributed by atoms with E-state index in [0.717, 1.165) is 11.0 Å². The lowest BCUT2D eigenvalue weighted by molar-refractivity contribution is 0.190. The summed E-state index contributed by atoms with van der Waals surface area (Å²) in [5.41, 5.74) is 1.75. The van der Waals surface area contributed by atoms with E-state index in [1.165, 1.54) is 0 Å². The fraction of sp³-hybridized carbons (Fsp3) is 0.200. The van der Waals surface area contributed by atoms with Crippen LogP contribution in [0.4, 0.5) is 4.79 Å². The van der Waals surface area contributed by atoms with Crippen LogP contribution >= 0.6 is 0 Å². The minimum atomic E-state index is -1.05. The van der Waals surface area contributed by atoms with Gasteiger partial charge in [-0.05, 0) is 19.1 Å². The van der Waals surface area contributed by atoms with E-state index in [0.29, 0.717) is 5.82 Å². The number of aromatic nitrogens is 2. The molecule has 78 valence electrons. The summed E-state index contributed by atoms with van der Waals surface area (Å²) in [6, 6.07) is 7.24. The summed E-state index contributed by atoms with van der Waals surface area (Å²) >= 11 is 0. The van der Waals surface area contributed by atoms with E-state index in [1.54, 1.807) is 6.92 Å². The SMILES string of the molecule is CC(NC(=O)O)c1nc2ccccc2[nH]1. The van der Waals surface area contributed by atoms with E-state index in [2.05, 4.69) is 15.3 Å². The maximum atomic E-state index is 10.4. The number of benzene rings is 1. The lowest BCUT2D eigenvalue weighted by Crippen LogP contribution is -2.25. The molecule has 0 spiro atoms. The van der Waals surface area contributed by atoms with Crippen LogP contribution in [-0.2, 0) is 0 Å². The van der Waals surface area contributed by atoms with Crippen molar-refractivity contribution >= 4 is 17.1 Å². The lowest BCUT2D eigenvalue weighted by atomic mass is 10.3. The number of nitrogens with one attached hydrogen (secondary N) is 2. The van der Waals surface area contributed by atoms with Crippen LogP contribution < -0.4 is 5.32 Å². The predicted molar refractivity (Wildman–Crippen MR) is 55.7 cm³/mol. The first-order valence-corrected chi connectivity index (χ1v) is 4.61. The van der Waals surface area contributed by atoms with E-state index in [9.17, 15) is 4.79 Å². The third-order valence-electron chi connectivity index (χ3n) is 2.16. The van der Waals surface area contributed by atoms with Crippen LogP contribution in [0.2, 0.25) is 0 Å². The molecule has 1 heterocycles. The number of carboxylic acid groups (broad SMARTS) is 1. The van der Waals surface area contributed by atoms with Crippen LogP contribution in [0.15, 0.2) is 24.3 Å². The van der Waals surface area contributed by atoms with Crippen molar-refractivity contribution in [2.75, 3.05) is 0 Å². The maximum absolute atomic E-state index is 10.4. The highest BCUT2D eigenvalue weighted by atomic mass is 16.4. The molecule has 0 aliphatic heterocycles. The van der Waals surface area contributed by atoms with Crippen molar-refractivity contribution in [1.29, 1.82) is 0 Å². The second kappa shape index (κ2) is 3.61. The minimum Gasteiger partial charge on any atom is -0.465 e. The largest absolute Gasteiger partial charge is 0.465 e. The molecule has 1 unspecified atom stereocenters. The van der Waals surface area contributed by atoms with Crippen molar-refractivity contribution in [3.8, 4) is 0 Å². The summed E-state index contributed by atoms with van der Waals surface area (Å²) in [5.74, 6) is 0.624. The molecule has 5 heteroatoms. The molecule has 0 saturated carbocycles. The molecule has 0 saturated heterocycles. The Kier molecular flexibility index (Phi) is 2.29. The molecule has 0 aliphatic carbocycles. The van der Waals surface area contributed by atoms with Gasteiger partial charge in [-0.15, -0.1) is 0 Å². The van der Waals surface area contributed by atoms with Gasteiger partial charge in [-0.3, -0.25) is 0 Å². The van der Waals surface area contributed by atoms with Crippen LogP contribution in [0, 0.1) is 0 Å². The number of hydrogen-bond donors (Lipinski definition) is 3. The standard InChI is InChI=1S/C10H11N3O2/c1-6(11-10(14)15)9-12-7-4-2-3-5-8(7)13-9/h2-6,11H,1H3,(H,12,13)(H,14,15). The van der Waals surface area contributed by atoms with Gasteiger partial charge in [0.15, 0.2) is 0 Å². The summed E-state index contributed by atoms with van der Waals surface area (Å²) in [5, 5.41) is 10.9. The predicted octanol–water partition coefficient (Wildman–Crippen LogP) is 1.89. The zero-order chi connectivity index (χ0) is 10.8. The fourth-order valence-corrected chi connectivity index (χ4v) is 1.43. The molecule has 3 N–H and O–H groups in total. The number of H-pyrrole nitrogens is 1. The molecule has 1 aromatic heterocycles. The summed E-state index contributed by atoms with van der Waals surface area (Å²) in [6.07, 6.45) is -1.05. The Labute approximate surface area is 86.1 Å². The molecule has 0 radical (unpaired) electrons. The van der Waals surface area contributed by atoms with Crippen LogP contribution in [0.1, 0.15) is 18.8 Å². The van der Waals surface area contributed by atoms with E-state index in [1.807, 2.05) is 24.3 Å². The van der Waals surface area contributed by atoms with Crippen LogP contribution in [0.25, 0.3) is 11.0 Å². The summed E-state index contributed by atoms with van der Waals surface area (Å²) < 4.78 is 0. The number of hydrogen-bond acceptors (Lipinski definition) is 2. The summed E-state index contributed by atoms with van der Waals surface area (Å²) in [7, 11) is 0. The normalized spacial score (nSPS) is 12.6. The Bertz CT molecular complexity index is 459. The monoisotopic (exact) mass is 205 g/mol. The average Bonchev–Trinajstić information content (AvgIpc) is 2.59. The van der Waals surface area contributed by atoms with Crippen molar-refractivity contribution in [3.63, 3.8) is 0 Å². The molecular formula is C10H11N3O2. The average molecular weight is 205 g/mol. The molecular weight excluding hydrogens is 194 g/mol. The Morgan fingerprint density at radius 2 is 2.27 bits per heavy atom. The van der Waals surface area contributed by atoms with Gasteiger partial charge in [-0.2, -0.15) is 0 Å². The van der Waals surface area contributed by atoms with Crippen molar-refractivity contribution in [1.82, 2.24) is 15.3 Å². The highest BCUT2D eigenvalue weighted by Crippen LogP contribution is 2.15. The lowest BCUT2D eigenvalue weighted by Gasteiger charge is -2.06. The van der Waals surface area contributed by atoms with Crippen LogP contribution in [0.5, 0.6) is 0 Å². The first kappa shape index (κ1) is 9.51. The Hall–Kier alpha value is -2.04. The van der Waals surface area contributed by atoms with Crippen molar-refractivity contribution in [2.24, 2.45) is 0 Å². The Morgan fingerprint density at radius 1 is 1.53 bits per heavy atom. The van der Waals surface area contributed by atoms with E-state index in [-0.39, 0.29) is 6.04 Å². The van der Waals surface area contributed by atoms with E-state index in [4.69, 9.17) is 5.11 Å². The first-order chi connectivity index (χ1) is 7.16. The van der Waals surface area contributed by atoms with Crippen molar-refractivity contribution in [3.05, 3.63) is 30.1 Å². The third kappa shape index (κ3) is 1.90. The molecule has 5 nitrogen and oxygen atoms in total. The Balaban J connectivity index is 2.32. The quantitative estimate of drug-likeness (QED) is 0.700. The van der Waals surface area contributed by atoms with Gasteiger partial charge in [0.2, 0.25) is 0 Å². The van der Waals surface area contributed by atoms with Gasteiger partial charge in [-0.25, -0.2) is 9.78 Å². The van der Waals surface area contributed by atoms with E-state index >= 15 is 0 Å². The zero-order valence-electron chi connectivity index (χ0n) is 8.19. The number of nitrogens with zero attached hydrogens (tertiary/aromatic N) is 1.